The maximum Gasteiger partial charge on any atom is 0.183 e. The van der Waals surface area contributed by atoms with Crippen molar-refractivity contribution in [1.29, 1.82) is 0 Å². The zero-order valence-corrected chi connectivity index (χ0v) is 14.1. The summed E-state index contributed by atoms with van der Waals surface area (Å²) in [7, 11) is 4.17. The summed E-state index contributed by atoms with van der Waals surface area (Å²) in [5.74, 6) is 0. The van der Waals surface area contributed by atoms with E-state index in [1.165, 1.54) is 4.70 Å². The minimum absolute atomic E-state index is 0. The first-order chi connectivity index (χ1) is 8.15. The molecule has 0 fully saturated rings. The van der Waals surface area contributed by atoms with Crippen molar-refractivity contribution in [3.8, 4) is 0 Å². The van der Waals surface area contributed by atoms with Gasteiger partial charge in [-0.2, -0.15) is 0 Å². The van der Waals surface area contributed by atoms with Crippen molar-refractivity contribution < 1.29 is 0 Å². The van der Waals surface area contributed by atoms with E-state index < -0.39 is 0 Å². The number of thiazole rings is 1. The van der Waals surface area contributed by atoms with Crippen molar-refractivity contribution in [3.63, 3.8) is 0 Å². The second kappa shape index (κ2) is 8.82. The minimum atomic E-state index is 0. The number of halogens is 3. The molecule has 0 radical (unpaired) electrons. The van der Waals surface area contributed by atoms with Gasteiger partial charge in [0.05, 0.1) is 10.2 Å². The van der Waals surface area contributed by atoms with E-state index in [-0.39, 0.29) is 24.8 Å². The third-order valence-electron chi connectivity index (χ3n) is 2.41. The lowest BCUT2D eigenvalue weighted by Crippen LogP contribution is -2.16. The zero-order valence-electron chi connectivity index (χ0n) is 10.9. The van der Waals surface area contributed by atoms with Gasteiger partial charge in [0.25, 0.3) is 0 Å². The van der Waals surface area contributed by atoms with Gasteiger partial charge < -0.3 is 10.2 Å². The summed E-state index contributed by atoms with van der Waals surface area (Å²) in [5.41, 5.74) is 0.970. The fourth-order valence-corrected chi connectivity index (χ4v) is 2.60. The van der Waals surface area contributed by atoms with Gasteiger partial charge in [-0.25, -0.2) is 4.98 Å². The minimum Gasteiger partial charge on any atom is -0.361 e. The van der Waals surface area contributed by atoms with Crippen LogP contribution in [0.25, 0.3) is 10.2 Å². The highest BCUT2D eigenvalue weighted by atomic mass is 35.5. The molecule has 0 aliphatic carbocycles. The molecule has 0 amide bonds. The number of anilines is 1. The molecule has 0 unspecified atom stereocenters. The Hall–Kier alpha value is -0.260. The zero-order chi connectivity index (χ0) is 12.3. The molecule has 0 bridgehead atoms. The molecule has 7 heteroatoms. The van der Waals surface area contributed by atoms with Gasteiger partial charge in [-0.15, -0.1) is 24.8 Å². The van der Waals surface area contributed by atoms with Gasteiger partial charge in [0.15, 0.2) is 5.13 Å². The average molecular weight is 343 g/mol. The lowest BCUT2D eigenvalue weighted by molar-refractivity contribution is 0.405. The van der Waals surface area contributed by atoms with Gasteiger partial charge in [-0.1, -0.05) is 22.9 Å². The van der Waals surface area contributed by atoms with E-state index in [4.69, 9.17) is 11.6 Å². The predicted molar refractivity (Wildman–Crippen MR) is 90.8 cm³/mol. The standard InChI is InChI=1S/C12H16ClN3S.2ClH/c1-16(2)7-3-6-14-12-15-10-8-9(13)4-5-11(10)17-12;;/h4-5,8H,3,6-7H2,1-2H3,(H,14,15);2*1H. The molecular weight excluding hydrogens is 325 g/mol. The number of fused-ring (bicyclic) bond motifs is 1. The lowest BCUT2D eigenvalue weighted by Gasteiger charge is -2.08. The Kier molecular flexibility index (Phi) is 8.70. The quantitative estimate of drug-likeness (QED) is 0.827. The molecule has 108 valence electrons. The normalized spacial score (nSPS) is 10.1. The van der Waals surface area contributed by atoms with Crippen LogP contribution in [0.1, 0.15) is 6.42 Å². The summed E-state index contributed by atoms with van der Waals surface area (Å²) in [4.78, 5) is 6.68. The number of benzene rings is 1. The summed E-state index contributed by atoms with van der Waals surface area (Å²) < 4.78 is 1.17. The molecule has 0 saturated carbocycles. The van der Waals surface area contributed by atoms with Gasteiger partial charge in [0.2, 0.25) is 0 Å². The molecule has 2 aromatic rings. The van der Waals surface area contributed by atoms with Gasteiger partial charge in [-0.05, 0) is 45.3 Å². The van der Waals surface area contributed by atoms with Crippen LogP contribution < -0.4 is 5.32 Å². The Morgan fingerprint density at radius 1 is 1.32 bits per heavy atom. The highest BCUT2D eigenvalue weighted by molar-refractivity contribution is 7.22. The summed E-state index contributed by atoms with van der Waals surface area (Å²) in [6.45, 7) is 2.04. The Labute approximate surface area is 135 Å². The molecule has 1 aromatic carbocycles. The molecule has 19 heavy (non-hydrogen) atoms. The maximum absolute atomic E-state index is 5.93. The monoisotopic (exact) mass is 341 g/mol. The fraction of sp³-hybridized carbons (Fsp3) is 0.417. The average Bonchev–Trinajstić information content (AvgIpc) is 2.66. The maximum atomic E-state index is 5.93. The summed E-state index contributed by atoms with van der Waals surface area (Å²) in [6, 6.07) is 5.82. The van der Waals surface area contributed by atoms with Gasteiger partial charge in [0.1, 0.15) is 0 Å². The Bertz CT molecular complexity index is 502. The van der Waals surface area contributed by atoms with Crippen LogP contribution in [0.15, 0.2) is 18.2 Å². The first-order valence-corrected chi connectivity index (χ1v) is 6.79. The van der Waals surface area contributed by atoms with E-state index in [9.17, 15) is 0 Å². The molecule has 0 aliphatic heterocycles. The Morgan fingerprint density at radius 3 is 2.74 bits per heavy atom. The van der Waals surface area contributed by atoms with Gasteiger partial charge >= 0.3 is 0 Å². The highest BCUT2D eigenvalue weighted by Crippen LogP contribution is 2.27. The topological polar surface area (TPSA) is 28.2 Å². The summed E-state index contributed by atoms with van der Waals surface area (Å²) >= 11 is 7.60. The molecule has 0 spiro atoms. The third-order valence-corrected chi connectivity index (χ3v) is 3.64. The number of nitrogens with zero attached hydrogens (tertiary/aromatic N) is 2. The van der Waals surface area contributed by atoms with Crippen LogP contribution in [0.3, 0.4) is 0 Å². The second-order valence-corrected chi connectivity index (χ2v) is 5.68. The van der Waals surface area contributed by atoms with Crippen molar-refractivity contribution in [2.24, 2.45) is 0 Å². The van der Waals surface area contributed by atoms with E-state index in [1.54, 1.807) is 11.3 Å². The fourth-order valence-electron chi connectivity index (χ4n) is 1.57. The van der Waals surface area contributed by atoms with Crippen LogP contribution in [0.5, 0.6) is 0 Å². The summed E-state index contributed by atoms with van der Waals surface area (Å²) in [6.07, 6.45) is 1.11. The van der Waals surface area contributed by atoms with Crippen LogP contribution in [0.2, 0.25) is 5.02 Å². The largest absolute Gasteiger partial charge is 0.361 e. The van der Waals surface area contributed by atoms with E-state index in [0.717, 1.165) is 35.2 Å². The molecular formula is C12H18Cl3N3S. The van der Waals surface area contributed by atoms with Crippen LogP contribution in [-0.4, -0.2) is 37.1 Å². The molecule has 1 N–H and O–H groups in total. The molecule has 0 atom stereocenters. The Morgan fingerprint density at radius 2 is 2.05 bits per heavy atom. The van der Waals surface area contributed by atoms with Crippen molar-refractivity contribution in [2.45, 2.75) is 6.42 Å². The van der Waals surface area contributed by atoms with Crippen molar-refractivity contribution in [1.82, 2.24) is 9.88 Å². The van der Waals surface area contributed by atoms with Gasteiger partial charge in [0, 0.05) is 11.6 Å². The lowest BCUT2D eigenvalue weighted by atomic mass is 10.3. The number of hydrogen-bond donors (Lipinski definition) is 1. The van der Waals surface area contributed by atoms with E-state index in [2.05, 4.69) is 29.3 Å². The van der Waals surface area contributed by atoms with Crippen LogP contribution in [0.4, 0.5) is 5.13 Å². The van der Waals surface area contributed by atoms with Crippen LogP contribution in [-0.2, 0) is 0 Å². The predicted octanol–water partition coefficient (Wildman–Crippen LogP) is 4.16. The molecule has 2 rings (SSSR count). The number of rotatable bonds is 5. The molecule has 0 saturated heterocycles. The smallest absolute Gasteiger partial charge is 0.183 e. The van der Waals surface area contributed by atoms with Crippen LogP contribution >= 0.6 is 47.8 Å². The van der Waals surface area contributed by atoms with E-state index in [0.29, 0.717) is 0 Å². The van der Waals surface area contributed by atoms with E-state index >= 15 is 0 Å². The molecule has 3 nitrogen and oxygen atoms in total. The number of aromatic nitrogens is 1. The van der Waals surface area contributed by atoms with Crippen molar-refractivity contribution in [3.05, 3.63) is 23.2 Å². The third kappa shape index (κ3) is 5.71. The van der Waals surface area contributed by atoms with E-state index in [1.807, 2.05) is 18.2 Å². The summed E-state index contributed by atoms with van der Waals surface area (Å²) in [5, 5.41) is 5.06. The van der Waals surface area contributed by atoms with Crippen molar-refractivity contribution in [2.75, 3.05) is 32.5 Å². The second-order valence-electron chi connectivity index (χ2n) is 4.21. The first kappa shape index (κ1) is 18.7. The SMILES string of the molecule is CN(C)CCCNc1nc2cc(Cl)ccc2s1.Cl.Cl. The molecule has 0 aliphatic rings. The van der Waals surface area contributed by atoms with Crippen molar-refractivity contribution >= 4 is 63.1 Å². The number of nitrogens with one attached hydrogen (secondary N) is 1. The first-order valence-electron chi connectivity index (χ1n) is 5.60. The molecule has 1 heterocycles. The molecule has 1 aromatic heterocycles. The number of hydrogen-bond acceptors (Lipinski definition) is 4. The van der Waals surface area contributed by atoms with Crippen LogP contribution in [0, 0.1) is 0 Å². The van der Waals surface area contributed by atoms with Gasteiger partial charge in [-0.3, -0.25) is 0 Å². The Balaban J connectivity index is 0.00000162. The highest BCUT2D eigenvalue weighted by Gasteiger charge is 2.03.